The Kier molecular flexibility index (Phi) is 2.96. The van der Waals surface area contributed by atoms with Gasteiger partial charge in [0.2, 0.25) is 5.89 Å². The summed E-state index contributed by atoms with van der Waals surface area (Å²) >= 11 is 0. The zero-order valence-corrected chi connectivity index (χ0v) is 11.1. The third-order valence-corrected chi connectivity index (χ3v) is 4.52. The van der Waals surface area contributed by atoms with Crippen LogP contribution in [0.2, 0.25) is 0 Å². The number of carbonyl (C=O) groups excluding carboxylic acids is 1. The number of aromatic nitrogens is 2. The van der Waals surface area contributed by atoms with Crippen molar-refractivity contribution in [3.63, 3.8) is 0 Å². The maximum absolute atomic E-state index is 11.6. The second-order valence-corrected chi connectivity index (χ2v) is 6.13. The Morgan fingerprint density at radius 3 is 2.83 bits per heavy atom. The van der Waals surface area contributed by atoms with Gasteiger partial charge in [0.25, 0.3) is 0 Å². The highest BCUT2D eigenvalue weighted by atomic mass is 16.5. The number of Topliss-reactive ketones (excluding diaryl/α,β-unsaturated/α-hetero) is 1. The highest BCUT2D eigenvalue weighted by Crippen LogP contribution is 2.52. The molecule has 2 bridgehead atoms. The molecule has 0 spiro atoms. The summed E-state index contributed by atoms with van der Waals surface area (Å²) in [4.78, 5) is 16.1. The van der Waals surface area contributed by atoms with Gasteiger partial charge >= 0.3 is 0 Å². The SMILES string of the molecule is CC(C)C(=O)Cc1nc(C2CC3CCC2C3)no1. The first kappa shape index (κ1) is 11.9. The van der Waals surface area contributed by atoms with Gasteiger partial charge in [-0.05, 0) is 31.1 Å². The van der Waals surface area contributed by atoms with Gasteiger partial charge in [0.1, 0.15) is 5.78 Å². The van der Waals surface area contributed by atoms with E-state index in [0.29, 0.717) is 11.8 Å². The summed E-state index contributed by atoms with van der Waals surface area (Å²) in [5.41, 5.74) is 0. The normalized spacial score (nSPS) is 30.3. The van der Waals surface area contributed by atoms with Crippen molar-refractivity contribution in [1.29, 1.82) is 0 Å². The predicted molar refractivity (Wildman–Crippen MR) is 66.0 cm³/mol. The Balaban J connectivity index is 1.68. The minimum atomic E-state index is 0.0304. The summed E-state index contributed by atoms with van der Waals surface area (Å²) in [6.07, 6.45) is 5.51. The molecule has 4 nitrogen and oxygen atoms in total. The molecule has 2 saturated carbocycles. The number of rotatable bonds is 4. The lowest BCUT2D eigenvalue weighted by Gasteiger charge is -2.17. The fraction of sp³-hybridized carbons (Fsp3) is 0.786. The van der Waals surface area contributed by atoms with Crippen molar-refractivity contribution >= 4 is 5.78 Å². The fourth-order valence-corrected chi connectivity index (χ4v) is 3.40. The predicted octanol–water partition coefficient (Wildman–Crippen LogP) is 2.74. The number of hydrogen-bond donors (Lipinski definition) is 0. The van der Waals surface area contributed by atoms with Crippen LogP contribution in [0.5, 0.6) is 0 Å². The Labute approximate surface area is 107 Å². The number of carbonyl (C=O) groups is 1. The lowest BCUT2D eigenvalue weighted by atomic mass is 9.88. The number of hydrogen-bond acceptors (Lipinski definition) is 4. The molecule has 0 N–H and O–H groups in total. The van der Waals surface area contributed by atoms with E-state index < -0.39 is 0 Å². The fourth-order valence-electron chi connectivity index (χ4n) is 3.40. The van der Waals surface area contributed by atoms with Crippen molar-refractivity contribution < 1.29 is 9.32 Å². The summed E-state index contributed by atoms with van der Waals surface area (Å²) in [5, 5.41) is 4.09. The number of nitrogens with zero attached hydrogens (tertiary/aromatic N) is 2. The van der Waals surface area contributed by atoms with E-state index in [9.17, 15) is 4.79 Å². The summed E-state index contributed by atoms with van der Waals surface area (Å²) < 4.78 is 5.22. The van der Waals surface area contributed by atoms with Gasteiger partial charge in [-0.3, -0.25) is 4.79 Å². The number of ketones is 1. The van der Waals surface area contributed by atoms with Crippen LogP contribution in [0, 0.1) is 17.8 Å². The Hall–Kier alpha value is -1.19. The summed E-state index contributed by atoms with van der Waals surface area (Å²) in [7, 11) is 0. The standard InChI is InChI=1S/C14H20N2O2/c1-8(2)12(17)7-13-15-14(16-18-13)11-6-9-3-4-10(11)5-9/h8-11H,3-7H2,1-2H3. The van der Waals surface area contributed by atoms with Gasteiger partial charge in [0.05, 0.1) is 6.42 Å². The molecule has 2 aliphatic rings. The molecule has 1 aromatic rings. The maximum Gasteiger partial charge on any atom is 0.234 e. The highest BCUT2D eigenvalue weighted by molar-refractivity contribution is 5.81. The van der Waals surface area contributed by atoms with Gasteiger partial charge in [-0.25, -0.2) is 0 Å². The molecule has 1 aromatic heterocycles. The molecular formula is C14H20N2O2. The third-order valence-electron chi connectivity index (χ3n) is 4.52. The molecule has 1 heterocycles. The van der Waals surface area contributed by atoms with Crippen molar-refractivity contribution in [2.24, 2.45) is 17.8 Å². The van der Waals surface area contributed by atoms with Gasteiger partial charge in [0.15, 0.2) is 5.82 Å². The van der Waals surface area contributed by atoms with Gasteiger partial charge in [-0.2, -0.15) is 4.98 Å². The van der Waals surface area contributed by atoms with E-state index in [2.05, 4.69) is 10.1 Å². The third kappa shape index (κ3) is 2.08. The van der Waals surface area contributed by atoms with Crippen LogP contribution in [-0.2, 0) is 11.2 Å². The number of fused-ring (bicyclic) bond motifs is 2. The smallest absolute Gasteiger partial charge is 0.234 e. The van der Waals surface area contributed by atoms with E-state index in [0.717, 1.165) is 17.7 Å². The van der Waals surface area contributed by atoms with Gasteiger partial charge in [0, 0.05) is 11.8 Å². The van der Waals surface area contributed by atoms with Crippen LogP contribution in [0.1, 0.15) is 57.2 Å². The molecule has 2 aliphatic carbocycles. The van der Waals surface area contributed by atoms with Crippen LogP contribution >= 0.6 is 0 Å². The van der Waals surface area contributed by atoms with E-state index in [4.69, 9.17) is 4.52 Å². The zero-order chi connectivity index (χ0) is 12.7. The first-order valence-electron chi connectivity index (χ1n) is 6.98. The van der Waals surface area contributed by atoms with Gasteiger partial charge < -0.3 is 4.52 Å². The van der Waals surface area contributed by atoms with Crippen LogP contribution < -0.4 is 0 Å². The van der Waals surface area contributed by atoms with Gasteiger partial charge in [-0.1, -0.05) is 25.4 Å². The molecule has 98 valence electrons. The quantitative estimate of drug-likeness (QED) is 0.822. The van der Waals surface area contributed by atoms with Crippen LogP contribution in [0.4, 0.5) is 0 Å². The molecule has 3 atom stereocenters. The van der Waals surface area contributed by atoms with Crippen LogP contribution in [-0.4, -0.2) is 15.9 Å². The topological polar surface area (TPSA) is 56.0 Å². The van der Waals surface area contributed by atoms with Crippen LogP contribution in [0.3, 0.4) is 0 Å². The van der Waals surface area contributed by atoms with E-state index in [1.165, 1.54) is 25.7 Å². The van der Waals surface area contributed by atoms with Crippen molar-refractivity contribution in [2.75, 3.05) is 0 Å². The maximum atomic E-state index is 11.6. The van der Waals surface area contributed by atoms with Crippen molar-refractivity contribution in [1.82, 2.24) is 10.1 Å². The summed E-state index contributed by atoms with van der Waals surface area (Å²) in [6.45, 7) is 3.80. The molecule has 0 amide bonds. The molecule has 3 unspecified atom stereocenters. The molecule has 3 rings (SSSR count). The van der Waals surface area contributed by atoms with Crippen LogP contribution in [0.25, 0.3) is 0 Å². The first-order valence-corrected chi connectivity index (χ1v) is 6.98. The van der Waals surface area contributed by atoms with E-state index >= 15 is 0 Å². The second kappa shape index (κ2) is 4.48. The lowest BCUT2D eigenvalue weighted by molar-refractivity contribution is -0.121. The Morgan fingerprint density at radius 2 is 2.22 bits per heavy atom. The monoisotopic (exact) mass is 248 g/mol. The molecule has 0 aliphatic heterocycles. The van der Waals surface area contributed by atoms with Gasteiger partial charge in [-0.15, -0.1) is 0 Å². The van der Waals surface area contributed by atoms with Crippen molar-refractivity contribution in [3.05, 3.63) is 11.7 Å². The molecule has 2 fully saturated rings. The zero-order valence-electron chi connectivity index (χ0n) is 11.1. The lowest BCUT2D eigenvalue weighted by Crippen LogP contribution is -2.12. The second-order valence-electron chi connectivity index (χ2n) is 6.13. The van der Waals surface area contributed by atoms with E-state index in [-0.39, 0.29) is 18.1 Å². The molecular weight excluding hydrogens is 228 g/mol. The van der Waals surface area contributed by atoms with E-state index in [1.54, 1.807) is 0 Å². The average molecular weight is 248 g/mol. The van der Waals surface area contributed by atoms with Crippen molar-refractivity contribution in [2.45, 2.75) is 51.9 Å². The van der Waals surface area contributed by atoms with E-state index in [1.807, 2.05) is 13.8 Å². The van der Waals surface area contributed by atoms with Crippen LogP contribution in [0.15, 0.2) is 4.52 Å². The molecule has 0 saturated heterocycles. The Bertz CT molecular complexity index is 452. The Morgan fingerprint density at radius 1 is 1.39 bits per heavy atom. The largest absolute Gasteiger partial charge is 0.339 e. The molecule has 0 aromatic carbocycles. The molecule has 18 heavy (non-hydrogen) atoms. The minimum absolute atomic E-state index is 0.0304. The highest BCUT2D eigenvalue weighted by Gasteiger charge is 2.42. The first-order chi connectivity index (χ1) is 8.63. The minimum Gasteiger partial charge on any atom is -0.339 e. The summed E-state index contributed by atoms with van der Waals surface area (Å²) in [5.74, 6) is 3.64. The molecule has 0 radical (unpaired) electrons. The summed E-state index contributed by atoms with van der Waals surface area (Å²) in [6, 6.07) is 0. The van der Waals surface area contributed by atoms with Crippen molar-refractivity contribution in [3.8, 4) is 0 Å². The molecule has 4 heteroatoms. The average Bonchev–Trinajstić information content (AvgIpc) is 3.03.